The van der Waals surface area contributed by atoms with Crippen molar-refractivity contribution in [1.29, 1.82) is 0 Å². The topological polar surface area (TPSA) is 211 Å². The van der Waals surface area contributed by atoms with Crippen molar-refractivity contribution in [2.75, 3.05) is 18.1 Å². The summed E-state index contributed by atoms with van der Waals surface area (Å²) in [4.78, 5) is 31.7. The molecule has 0 bridgehead atoms. The van der Waals surface area contributed by atoms with Crippen LogP contribution in [0, 0.1) is 0 Å². The highest BCUT2D eigenvalue weighted by atomic mass is 31.2. The second kappa shape index (κ2) is 5.76. The number of aromatic nitrogens is 4. The minimum atomic E-state index is -4.69. The molecule has 0 saturated carbocycles. The molecule has 3 atom stereocenters. The molecule has 0 spiro atoms. The van der Waals surface area contributed by atoms with Crippen molar-refractivity contribution < 1.29 is 23.8 Å². The van der Waals surface area contributed by atoms with Crippen LogP contribution in [0.1, 0.15) is 0 Å². The molecule has 9 N–H and O–H groups in total. The molecule has 3 unspecified atom stereocenters. The van der Waals surface area contributed by atoms with Gasteiger partial charge in [0, 0.05) is 0 Å². The van der Waals surface area contributed by atoms with Crippen LogP contribution in [0.3, 0.4) is 0 Å². The van der Waals surface area contributed by atoms with E-state index in [4.69, 9.17) is 25.8 Å². The van der Waals surface area contributed by atoms with Gasteiger partial charge in [0.25, 0.3) is 0 Å². The molecule has 0 radical (unpaired) electrons. The van der Waals surface area contributed by atoms with Crippen LogP contribution < -0.4 is 22.5 Å². The van der Waals surface area contributed by atoms with E-state index in [-0.39, 0.29) is 31.1 Å². The number of nitrogen functional groups attached to an aromatic ring is 2. The van der Waals surface area contributed by atoms with Gasteiger partial charge in [-0.25, -0.2) is 4.98 Å². The van der Waals surface area contributed by atoms with Crippen LogP contribution in [0.25, 0.3) is 11.2 Å². The molecule has 12 nitrogen and oxygen atoms in total. The molecule has 1 saturated heterocycles. The highest BCUT2D eigenvalue weighted by Crippen LogP contribution is 2.41. The molecule has 122 valence electrons. The number of hydrogen-bond acceptors (Lipinski definition) is 9. The predicted molar refractivity (Wildman–Crippen MR) is 74.6 cm³/mol. The summed E-state index contributed by atoms with van der Waals surface area (Å²) >= 11 is 0. The van der Waals surface area contributed by atoms with Crippen LogP contribution in [0.2, 0.25) is 0 Å². The Labute approximate surface area is 124 Å². The maximum Gasteiger partial charge on any atom is 0.224 e. The molecule has 2 aromatic rings. The molecule has 0 aromatic carbocycles. The van der Waals surface area contributed by atoms with Crippen molar-refractivity contribution in [3.05, 3.63) is 6.33 Å². The van der Waals surface area contributed by atoms with E-state index in [1.165, 1.54) is 6.33 Å². The Hall–Kier alpha value is -1.82. The average Bonchev–Trinajstić information content (AvgIpc) is 2.97. The first-order valence-electron chi connectivity index (χ1n) is 5.89. The maximum atomic E-state index is 10.9. The van der Waals surface area contributed by atoms with E-state index in [9.17, 15) is 9.46 Å². The largest absolute Gasteiger partial charge is 0.775 e. The Morgan fingerprint density at radius 1 is 1.50 bits per heavy atom. The lowest BCUT2D eigenvalue weighted by molar-refractivity contribution is -0.216. The van der Waals surface area contributed by atoms with Gasteiger partial charge in [0.15, 0.2) is 19.1 Å². The second-order valence-corrected chi connectivity index (χ2v) is 6.05. The minimum Gasteiger partial charge on any atom is -0.775 e. The first-order valence-corrected chi connectivity index (χ1v) is 7.53. The molecule has 0 aliphatic carbocycles. The van der Waals surface area contributed by atoms with Gasteiger partial charge in [-0.3, -0.25) is 0 Å². The average molecular weight is 333 g/mol. The van der Waals surface area contributed by atoms with Crippen LogP contribution in [-0.2, 0) is 20.6 Å². The van der Waals surface area contributed by atoms with Crippen molar-refractivity contribution in [3.63, 3.8) is 0 Å². The molecule has 2 aromatic heterocycles. The summed E-state index contributed by atoms with van der Waals surface area (Å²) in [6.07, 6.45) is 0.876. The molecule has 1 fully saturated rings. The van der Waals surface area contributed by atoms with Crippen molar-refractivity contribution >= 4 is 30.5 Å². The molecule has 0 amide bonds. The molecular formula is C9H16N7O5P. The Kier molecular flexibility index (Phi) is 4.33. The van der Waals surface area contributed by atoms with Gasteiger partial charge < -0.3 is 46.0 Å². The van der Waals surface area contributed by atoms with Crippen LogP contribution in [0.5, 0.6) is 0 Å². The number of quaternary nitrogens is 1. The van der Waals surface area contributed by atoms with Gasteiger partial charge in [-0.05, 0) is 0 Å². The van der Waals surface area contributed by atoms with Gasteiger partial charge in [0.1, 0.15) is 11.6 Å². The summed E-state index contributed by atoms with van der Waals surface area (Å²) in [7, 11) is -4.69. The van der Waals surface area contributed by atoms with Gasteiger partial charge in [-0.1, -0.05) is 0 Å². The van der Waals surface area contributed by atoms with Crippen molar-refractivity contribution in [2.45, 2.75) is 18.7 Å². The first-order chi connectivity index (χ1) is 9.84. The number of nitrogens with zero attached hydrogens (tertiary/aromatic N) is 4. The van der Waals surface area contributed by atoms with Crippen LogP contribution in [0.4, 0.5) is 11.8 Å². The van der Waals surface area contributed by atoms with Crippen LogP contribution in [0.15, 0.2) is 6.33 Å². The predicted octanol–water partition coefficient (Wildman–Crippen LogP) is -1.39. The van der Waals surface area contributed by atoms with Gasteiger partial charge in [0.05, 0.1) is 19.5 Å². The second-order valence-electron chi connectivity index (χ2n) is 4.50. The van der Waals surface area contributed by atoms with E-state index >= 15 is 0 Å². The molecule has 1 aliphatic heterocycles. The molecule has 3 heterocycles. The van der Waals surface area contributed by atoms with E-state index in [0.717, 1.165) is 0 Å². The highest BCUT2D eigenvalue weighted by molar-refractivity contribution is 7.50. The fourth-order valence-corrected chi connectivity index (χ4v) is 2.64. The lowest BCUT2D eigenvalue weighted by Crippen LogP contribution is -2.21. The first kappa shape index (κ1) is 16.5. The quantitative estimate of drug-likeness (QED) is 0.483. The number of hydrogen-bond donors (Lipinski definition) is 4. The SMILES string of the molecule is Nc1nc(N)c2ncn(CC3COC(P(=O)([O-])O)O3)c2n1.[NH4+]. The summed E-state index contributed by atoms with van der Waals surface area (Å²) in [5.74, 6) is 0.153. The minimum absolute atomic E-state index is 0. The van der Waals surface area contributed by atoms with Crippen molar-refractivity contribution in [1.82, 2.24) is 25.7 Å². The van der Waals surface area contributed by atoms with Crippen LogP contribution >= 0.6 is 7.60 Å². The number of ether oxygens (including phenoxy) is 2. The van der Waals surface area contributed by atoms with Gasteiger partial charge >= 0.3 is 0 Å². The normalized spacial score (nSPS) is 24.1. The molecule has 13 heteroatoms. The zero-order valence-electron chi connectivity index (χ0n) is 11.6. The van der Waals surface area contributed by atoms with E-state index in [1.54, 1.807) is 4.57 Å². The summed E-state index contributed by atoms with van der Waals surface area (Å²) < 4.78 is 22.5. The molecule has 22 heavy (non-hydrogen) atoms. The van der Waals surface area contributed by atoms with E-state index in [0.29, 0.717) is 11.2 Å². The standard InChI is InChI=1S/C9H13N6O5P.H3N/c10-6-5-7(14-8(11)13-6)15(3-12-5)1-4-2-19-9(20-4)21(16,17)18;/h3-4,9H,1-2H2,(H2,16,17,18)(H4,10,11,13,14);1H3. The summed E-state index contributed by atoms with van der Waals surface area (Å²) in [5, 5.41) is 0. The van der Waals surface area contributed by atoms with E-state index in [1.807, 2.05) is 0 Å². The summed E-state index contributed by atoms with van der Waals surface area (Å²) in [6, 6.07) is -1.65. The van der Waals surface area contributed by atoms with Crippen molar-refractivity contribution in [2.24, 2.45) is 0 Å². The number of rotatable bonds is 3. The fraction of sp³-hybridized carbons (Fsp3) is 0.444. The van der Waals surface area contributed by atoms with Crippen LogP contribution in [-0.4, -0.2) is 43.2 Å². The van der Waals surface area contributed by atoms with E-state index in [2.05, 4.69) is 15.0 Å². The third-order valence-corrected chi connectivity index (χ3v) is 3.71. The maximum absolute atomic E-state index is 10.9. The summed E-state index contributed by atoms with van der Waals surface area (Å²) in [6.45, 7) is 0.218. The smallest absolute Gasteiger partial charge is 0.224 e. The van der Waals surface area contributed by atoms with Gasteiger partial charge in [-0.2, -0.15) is 9.97 Å². The lowest BCUT2D eigenvalue weighted by atomic mass is 10.4. The Morgan fingerprint density at radius 3 is 2.86 bits per heavy atom. The number of anilines is 2. The highest BCUT2D eigenvalue weighted by Gasteiger charge is 2.33. The zero-order chi connectivity index (χ0) is 15.2. The number of imidazole rings is 1. The zero-order valence-corrected chi connectivity index (χ0v) is 12.5. The lowest BCUT2D eigenvalue weighted by Gasteiger charge is -2.21. The fourth-order valence-electron chi connectivity index (χ4n) is 2.04. The molecule has 3 rings (SSSR count). The number of nitrogens with two attached hydrogens (primary N) is 2. The third-order valence-electron chi connectivity index (χ3n) is 2.91. The monoisotopic (exact) mass is 333 g/mol. The van der Waals surface area contributed by atoms with E-state index < -0.39 is 19.7 Å². The Balaban J connectivity index is 0.00000176. The molecule has 1 aliphatic rings. The number of fused-ring (bicyclic) bond motifs is 1. The Bertz CT molecular complexity index is 730. The van der Waals surface area contributed by atoms with Crippen molar-refractivity contribution in [3.8, 4) is 0 Å². The molecular weight excluding hydrogens is 317 g/mol. The van der Waals surface area contributed by atoms with Gasteiger partial charge in [0.2, 0.25) is 12.0 Å². The summed E-state index contributed by atoms with van der Waals surface area (Å²) in [5.41, 5.74) is 12.0. The Morgan fingerprint density at radius 2 is 2.23 bits per heavy atom. The third kappa shape index (κ3) is 3.02. The van der Waals surface area contributed by atoms with Gasteiger partial charge in [-0.15, -0.1) is 0 Å².